The molecule has 0 bridgehead atoms. The van der Waals surface area contributed by atoms with Crippen molar-refractivity contribution < 1.29 is 14.0 Å². The molecule has 0 spiro atoms. The van der Waals surface area contributed by atoms with Crippen LogP contribution in [0.3, 0.4) is 0 Å². The van der Waals surface area contributed by atoms with Crippen LogP contribution in [0.4, 0.5) is 10.1 Å². The Bertz CT molecular complexity index is 545. The fourth-order valence-electron chi connectivity index (χ4n) is 2.48. The zero-order chi connectivity index (χ0) is 14.9. The smallest absolute Gasteiger partial charge is 0.237 e. The number of anilines is 1. The van der Waals surface area contributed by atoms with Crippen LogP contribution in [0.5, 0.6) is 0 Å². The number of nitrogens with zero attached hydrogens (tertiary/aromatic N) is 1. The third-order valence-corrected chi connectivity index (χ3v) is 4.19. The molecule has 1 fully saturated rings. The molecule has 1 saturated heterocycles. The monoisotopic (exact) mass is 341 g/mol. The Morgan fingerprint density at radius 2 is 2.15 bits per heavy atom. The van der Waals surface area contributed by atoms with Gasteiger partial charge in [0.05, 0.1) is 16.1 Å². The molecule has 3 nitrogen and oxygen atoms in total. The molecule has 0 unspecified atom stereocenters. The number of amides is 1. The summed E-state index contributed by atoms with van der Waals surface area (Å²) in [5.74, 6) is -1.63. The first-order valence-electron chi connectivity index (χ1n) is 6.72. The molecule has 1 aliphatic heterocycles. The highest BCUT2D eigenvalue weighted by Crippen LogP contribution is 2.31. The summed E-state index contributed by atoms with van der Waals surface area (Å²) in [6, 6.07) is 4.84. The number of Topliss-reactive ketones (excluding diaryl/α,β-unsaturated/α-hetero) is 1. The van der Waals surface area contributed by atoms with Crippen LogP contribution in [-0.2, 0) is 9.59 Å². The van der Waals surface area contributed by atoms with E-state index >= 15 is 0 Å². The molecule has 0 saturated carbocycles. The van der Waals surface area contributed by atoms with Crippen LogP contribution in [0.1, 0.15) is 26.7 Å². The van der Waals surface area contributed by atoms with E-state index in [0.29, 0.717) is 23.9 Å². The standard InChI is InChI=1S/C15H17BrFNO2/c1-9(2)14(19)10-5-4-8-18(15(10)20)12-7-3-6-11(16)13(12)17/h3,6-7,9-10H,4-5,8H2,1-2H3/t10-/m0/s1. The van der Waals surface area contributed by atoms with Gasteiger partial charge in [-0.05, 0) is 40.9 Å². The normalized spacial score (nSPS) is 19.6. The van der Waals surface area contributed by atoms with E-state index in [1.807, 2.05) is 0 Å². The molecule has 1 heterocycles. The van der Waals surface area contributed by atoms with Gasteiger partial charge in [0.15, 0.2) is 5.82 Å². The number of ketones is 1. The highest BCUT2D eigenvalue weighted by Gasteiger charge is 2.36. The molecule has 1 amide bonds. The zero-order valence-corrected chi connectivity index (χ0v) is 13.1. The average molecular weight is 342 g/mol. The van der Waals surface area contributed by atoms with Gasteiger partial charge in [-0.25, -0.2) is 4.39 Å². The van der Waals surface area contributed by atoms with Gasteiger partial charge in [0.1, 0.15) is 5.78 Å². The van der Waals surface area contributed by atoms with E-state index in [1.54, 1.807) is 32.0 Å². The highest BCUT2D eigenvalue weighted by molar-refractivity contribution is 9.10. The summed E-state index contributed by atoms with van der Waals surface area (Å²) in [5, 5.41) is 0. The summed E-state index contributed by atoms with van der Waals surface area (Å²) in [7, 11) is 0. The van der Waals surface area contributed by atoms with Crippen molar-refractivity contribution >= 4 is 33.3 Å². The third-order valence-electron chi connectivity index (χ3n) is 3.57. The summed E-state index contributed by atoms with van der Waals surface area (Å²) in [5.41, 5.74) is 0.241. The number of hydrogen-bond acceptors (Lipinski definition) is 2. The topological polar surface area (TPSA) is 37.4 Å². The van der Waals surface area contributed by atoms with Gasteiger partial charge in [-0.1, -0.05) is 19.9 Å². The molecule has 108 valence electrons. The van der Waals surface area contributed by atoms with Gasteiger partial charge in [0.25, 0.3) is 0 Å². The lowest BCUT2D eigenvalue weighted by atomic mass is 9.87. The van der Waals surface area contributed by atoms with Crippen molar-refractivity contribution in [2.45, 2.75) is 26.7 Å². The maximum absolute atomic E-state index is 14.1. The number of hydrogen-bond donors (Lipinski definition) is 0. The number of carbonyl (C=O) groups is 2. The van der Waals surface area contributed by atoms with Gasteiger partial charge >= 0.3 is 0 Å². The van der Waals surface area contributed by atoms with Gasteiger partial charge in [0.2, 0.25) is 5.91 Å². The Labute approximate surface area is 126 Å². The summed E-state index contributed by atoms with van der Waals surface area (Å²) < 4.78 is 14.4. The second kappa shape index (κ2) is 6.04. The molecule has 1 aromatic rings. The molecule has 0 aromatic heterocycles. The largest absolute Gasteiger partial charge is 0.309 e. The summed E-state index contributed by atoms with van der Waals surface area (Å²) in [6.45, 7) is 4.02. The first-order valence-corrected chi connectivity index (χ1v) is 7.52. The van der Waals surface area contributed by atoms with Crippen LogP contribution >= 0.6 is 15.9 Å². The molecule has 5 heteroatoms. The van der Waals surface area contributed by atoms with Crippen molar-refractivity contribution in [2.75, 3.05) is 11.4 Å². The summed E-state index contributed by atoms with van der Waals surface area (Å²) in [6.07, 6.45) is 1.27. The van der Waals surface area contributed by atoms with Crippen molar-refractivity contribution in [2.24, 2.45) is 11.8 Å². The molecule has 0 aliphatic carbocycles. The fraction of sp³-hybridized carbons (Fsp3) is 0.467. The Balaban J connectivity index is 2.31. The van der Waals surface area contributed by atoms with Crippen LogP contribution < -0.4 is 4.90 Å². The second-order valence-electron chi connectivity index (χ2n) is 5.31. The van der Waals surface area contributed by atoms with Crippen LogP contribution in [0.15, 0.2) is 22.7 Å². The Kier molecular flexibility index (Phi) is 4.58. The highest BCUT2D eigenvalue weighted by atomic mass is 79.9. The predicted molar refractivity (Wildman–Crippen MR) is 79.0 cm³/mol. The van der Waals surface area contributed by atoms with E-state index in [0.717, 1.165) is 0 Å². The first kappa shape index (κ1) is 15.2. The van der Waals surface area contributed by atoms with E-state index < -0.39 is 11.7 Å². The van der Waals surface area contributed by atoms with E-state index in [1.165, 1.54) is 4.90 Å². The number of piperidine rings is 1. The molecule has 2 rings (SSSR count). The van der Waals surface area contributed by atoms with Crippen LogP contribution in [0.25, 0.3) is 0 Å². The molecule has 1 aliphatic rings. The summed E-state index contributed by atoms with van der Waals surface area (Å²) in [4.78, 5) is 25.9. The molecular weight excluding hydrogens is 325 g/mol. The fourth-order valence-corrected chi connectivity index (χ4v) is 2.84. The minimum absolute atomic E-state index is 0.0601. The minimum atomic E-state index is -0.637. The Morgan fingerprint density at radius 3 is 2.80 bits per heavy atom. The van der Waals surface area contributed by atoms with Crippen molar-refractivity contribution in [3.63, 3.8) is 0 Å². The van der Waals surface area contributed by atoms with Gasteiger partial charge in [0, 0.05) is 12.5 Å². The Morgan fingerprint density at radius 1 is 1.45 bits per heavy atom. The van der Waals surface area contributed by atoms with Crippen molar-refractivity contribution in [3.05, 3.63) is 28.5 Å². The van der Waals surface area contributed by atoms with E-state index in [-0.39, 0.29) is 23.3 Å². The molecule has 20 heavy (non-hydrogen) atoms. The lowest BCUT2D eigenvalue weighted by Gasteiger charge is -2.32. The number of rotatable bonds is 3. The lowest BCUT2D eigenvalue weighted by molar-refractivity contribution is -0.135. The van der Waals surface area contributed by atoms with Crippen molar-refractivity contribution in [3.8, 4) is 0 Å². The number of benzene rings is 1. The van der Waals surface area contributed by atoms with Crippen molar-refractivity contribution in [1.29, 1.82) is 0 Å². The van der Waals surface area contributed by atoms with Crippen molar-refractivity contribution in [1.82, 2.24) is 0 Å². The van der Waals surface area contributed by atoms with Gasteiger partial charge < -0.3 is 4.90 Å². The molecular formula is C15H17BrFNO2. The molecule has 0 radical (unpaired) electrons. The maximum Gasteiger partial charge on any atom is 0.237 e. The average Bonchev–Trinajstić information content (AvgIpc) is 2.42. The minimum Gasteiger partial charge on any atom is -0.309 e. The third kappa shape index (κ3) is 2.77. The predicted octanol–water partition coefficient (Wildman–Crippen LogP) is 3.56. The Hall–Kier alpha value is -1.23. The maximum atomic E-state index is 14.1. The SMILES string of the molecule is CC(C)C(=O)[C@@H]1CCCN(c2cccc(Br)c2F)C1=O. The van der Waals surface area contributed by atoms with Gasteiger partial charge in [-0.15, -0.1) is 0 Å². The first-order chi connectivity index (χ1) is 9.43. The molecule has 1 atom stereocenters. The quantitative estimate of drug-likeness (QED) is 0.788. The number of halogens is 2. The zero-order valence-electron chi connectivity index (χ0n) is 11.5. The number of carbonyl (C=O) groups excluding carboxylic acids is 2. The summed E-state index contributed by atoms with van der Waals surface area (Å²) >= 11 is 3.12. The lowest BCUT2D eigenvalue weighted by Crippen LogP contribution is -2.45. The van der Waals surface area contributed by atoms with E-state index in [4.69, 9.17) is 0 Å². The van der Waals surface area contributed by atoms with Crippen LogP contribution in [-0.4, -0.2) is 18.2 Å². The van der Waals surface area contributed by atoms with Crippen LogP contribution in [0.2, 0.25) is 0 Å². The van der Waals surface area contributed by atoms with Crippen LogP contribution in [0, 0.1) is 17.7 Å². The second-order valence-corrected chi connectivity index (χ2v) is 6.17. The van der Waals surface area contributed by atoms with Gasteiger partial charge in [-0.3, -0.25) is 9.59 Å². The van der Waals surface area contributed by atoms with E-state index in [9.17, 15) is 14.0 Å². The molecule has 1 aromatic carbocycles. The van der Waals surface area contributed by atoms with E-state index in [2.05, 4.69) is 15.9 Å². The molecule has 0 N–H and O–H groups in total. The van der Waals surface area contributed by atoms with Gasteiger partial charge in [-0.2, -0.15) is 0 Å².